The second kappa shape index (κ2) is 7.88. The van der Waals surface area contributed by atoms with Crippen molar-refractivity contribution in [1.29, 1.82) is 0 Å². The van der Waals surface area contributed by atoms with Gasteiger partial charge in [-0.3, -0.25) is 9.69 Å². The number of hydrogen-bond donors (Lipinski definition) is 2. The van der Waals surface area contributed by atoms with Gasteiger partial charge in [-0.2, -0.15) is 0 Å². The number of thiazole rings is 1. The average Bonchev–Trinajstić information content (AvgIpc) is 2.99. The van der Waals surface area contributed by atoms with Crippen LogP contribution in [0.2, 0.25) is 0 Å². The summed E-state index contributed by atoms with van der Waals surface area (Å²) in [6, 6.07) is 8.33. The highest BCUT2D eigenvalue weighted by molar-refractivity contribution is 7.09. The Kier molecular flexibility index (Phi) is 5.60. The van der Waals surface area contributed by atoms with E-state index in [-0.39, 0.29) is 5.91 Å². The molecule has 24 heavy (non-hydrogen) atoms. The van der Waals surface area contributed by atoms with Crippen LogP contribution in [0.25, 0.3) is 0 Å². The molecule has 1 aromatic heterocycles. The van der Waals surface area contributed by atoms with Crippen LogP contribution in [0.5, 0.6) is 0 Å². The van der Waals surface area contributed by atoms with Crippen molar-refractivity contribution in [3.05, 3.63) is 45.9 Å². The SMILES string of the molecule is Cc1ccccc1NC(=O)Cc1nc(CN2CCNC[C@H]2C)cs1. The number of aromatic nitrogens is 1. The largest absolute Gasteiger partial charge is 0.325 e. The van der Waals surface area contributed by atoms with Crippen molar-refractivity contribution in [3.63, 3.8) is 0 Å². The minimum absolute atomic E-state index is 0.0132. The van der Waals surface area contributed by atoms with Gasteiger partial charge in [0.1, 0.15) is 5.01 Å². The number of carbonyl (C=O) groups is 1. The molecule has 2 aromatic rings. The molecule has 1 saturated heterocycles. The second-order valence-electron chi connectivity index (χ2n) is 6.30. The third kappa shape index (κ3) is 4.41. The molecule has 0 aliphatic carbocycles. The number of anilines is 1. The predicted molar refractivity (Wildman–Crippen MR) is 98.4 cm³/mol. The van der Waals surface area contributed by atoms with Gasteiger partial charge in [-0.05, 0) is 25.5 Å². The molecule has 1 atom stereocenters. The molecule has 0 spiro atoms. The molecule has 5 nitrogen and oxygen atoms in total. The van der Waals surface area contributed by atoms with Crippen LogP contribution in [0.15, 0.2) is 29.6 Å². The van der Waals surface area contributed by atoms with E-state index in [9.17, 15) is 4.79 Å². The van der Waals surface area contributed by atoms with Gasteiger partial charge in [-0.25, -0.2) is 4.98 Å². The van der Waals surface area contributed by atoms with Crippen molar-refractivity contribution in [3.8, 4) is 0 Å². The quantitative estimate of drug-likeness (QED) is 0.875. The summed E-state index contributed by atoms with van der Waals surface area (Å²) in [5.41, 5.74) is 3.00. The summed E-state index contributed by atoms with van der Waals surface area (Å²) in [7, 11) is 0. The maximum Gasteiger partial charge on any atom is 0.231 e. The fourth-order valence-electron chi connectivity index (χ4n) is 2.87. The first-order chi connectivity index (χ1) is 11.6. The molecular formula is C18H24N4OS. The second-order valence-corrected chi connectivity index (χ2v) is 7.24. The van der Waals surface area contributed by atoms with Gasteiger partial charge in [0.15, 0.2) is 0 Å². The van der Waals surface area contributed by atoms with Crippen LogP contribution < -0.4 is 10.6 Å². The number of nitrogens with one attached hydrogen (secondary N) is 2. The van der Waals surface area contributed by atoms with Gasteiger partial charge in [-0.15, -0.1) is 11.3 Å². The van der Waals surface area contributed by atoms with Gasteiger partial charge in [0.2, 0.25) is 5.91 Å². The highest BCUT2D eigenvalue weighted by atomic mass is 32.1. The Bertz CT molecular complexity index is 700. The number of amides is 1. The number of rotatable bonds is 5. The lowest BCUT2D eigenvalue weighted by Gasteiger charge is -2.33. The molecule has 1 fully saturated rings. The molecule has 6 heteroatoms. The number of hydrogen-bond acceptors (Lipinski definition) is 5. The summed E-state index contributed by atoms with van der Waals surface area (Å²) in [5.74, 6) is -0.0132. The minimum atomic E-state index is -0.0132. The zero-order valence-electron chi connectivity index (χ0n) is 14.2. The zero-order valence-corrected chi connectivity index (χ0v) is 15.0. The van der Waals surface area contributed by atoms with Crippen LogP contribution >= 0.6 is 11.3 Å². The molecule has 3 rings (SSSR count). The molecule has 1 aliphatic heterocycles. The van der Waals surface area contributed by atoms with Crippen molar-refractivity contribution < 1.29 is 4.79 Å². The fourth-order valence-corrected chi connectivity index (χ4v) is 3.66. The summed E-state index contributed by atoms with van der Waals surface area (Å²) >= 11 is 1.57. The lowest BCUT2D eigenvalue weighted by Crippen LogP contribution is -2.49. The molecule has 2 N–H and O–H groups in total. The summed E-state index contributed by atoms with van der Waals surface area (Å²) in [4.78, 5) is 19.3. The third-order valence-corrected chi connectivity index (χ3v) is 5.23. The van der Waals surface area contributed by atoms with E-state index in [2.05, 4.69) is 32.8 Å². The Balaban J connectivity index is 1.55. The maximum atomic E-state index is 12.2. The van der Waals surface area contributed by atoms with E-state index in [0.29, 0.717) is 12.5 Å². The van der Waals surface area contributed by atoms with Gasteiger partial charge in [-0.1, -0.05) is 18.2 Å². The molecule has 0 saturated carbocycles. The van der Waals surface area contributed by atoms with Crippen molar-refractivity contribution in [2.45, 2.75) is 32.9 Å². The van der Waals surface area contributed by atoms with E-state index in [0.717, 1.165) is 48.1 Å². The van der Waals surface area contributed by atoms with E-state index in [1.54, 1.807) is 11.3 Å². The van der Waals surface area contributed by atoms with E-state index in [1.807, 2.05) is 31.2 Å². The molecule has 1 aliphatic rings. The first-order valence-electron chi connectivity index (χ1n) is 8.35. The normalized spacial score (nSPS) is 18.5. The summed E-state index contributed by atoms with van der Waals surface area (Å²) in [5, 5.41) is 9.31. The Labute approximate surface area is 147 Å². The third-order valence-electron chi connectivity index (χ3n) is 4.33. The summed E-state index contributed by atoms with van der Waals surface area (Å²) in [6.45, 7) is 8.18. The molecule has 128 valence electrons. The van der Waals surface area contributed by atoms with Gasteiger partial charge in [0.25, 0.3) is 0 Å². The van der Waals surface area contributed by atoms with Crippen LogP contribution in [0.3, 0.4) is 0 Å². The van der Waals surface area contributed by atoms with Gasteiger partial charge < -0.3 is 10.6 Å². The van der Waals surface area contributed by atoms with Gasteiger partial charge in [0.05, 0.1) is 12.1 Å². The number of para-hydroxylation sites is 1. The van der Waals surface area contributed by atoms with Crippen molar-refractivity contribution in [1.82, 2.24) is 15.2 Å². The van der Waals surface area contributed by atoms with Crippen molar-refractivity contribution in [2.75, 3.05) is 25.0 Å². The van der Waals surface area contributed by atoms with Crippen LogP contribution in [0.1, 0.15) is 23.2 Å². The van der Waals surface area contributed by atoms with E-state index in [1.165, 1.54) is 0 Å². The monoisotopic (exact) mass is 344 g/mol. The van der Waals surface area contributed by atoms with Crippen LogP contribution in [-0.4, -0.2) is 41.5 Å². The van der Waals surface area contributed by atoms with Crippen molar-refractivity contribution in [2.24, 2.45) is 0 Å². The number of nitrogens with zero attached hydrogens (tertiary/aromatic N) is 2. The minimum Gasteiger partial charge on any atom is -0.325 e. The van der Waals surface area contributed by atoms with Crippen LogP contribution in [-0.2, 0) is 17.8 Å². The standard InChI is InChI=1S/C18H24N4OS/c1-13-5-3-4-6-16(13)21-17(23)9-18-20-15(12-24-18)11-22-8-7-19-10-14(22)2/h3-6,12,14,19H,7-11H2,1-2H3,(H,21,23)/t14-/m1/s1. The topological polar surface area (TPSA) is 57.3 Å². The Hall–Kier alpha value is -1.76. The highest BCUT2D eigenvalue weighted by Crippen LogP contribution is 2.17. The van der Waals surface area contributed by atoms with E-state index < -0.39 is 0 Å². The molecular weight excluding hydrogens is 320 g/mol. The summed E-state index contributed by atoms with van der Waals surface area (Å²) in [6.07, 6.45) is 0.329. The smallest absolute Gasteiger partial charge is 0.231 e. The zero-order chi connectivity index (χ0) is 16.9. The Morgan fingerprint density at radius 1 is 1.46 bits per heavy atom. The number of carbonyl (C=O) groups excluding carboxylic acids is 1. The summed E-state index contributed by atoms with van der Waals surface area (Å²) < 4.78 is 0. The number of piperazine rings is 1. The highest BCUT2D eigenvalue weighted by Gasteiger charge is 2.19. The lowest BCUT2D eigenvalue weighted by molar-refractivity contribution is -0.115. The molecule has 0 bridgehead atoms. The van der Waals surface area contributed by atoms with Crippen LogP contribution in [0, 0.1) is 6.92 Å². The van der Waals surface area contributed by atoms with Gasteiger partial charge in [0, 0.05) is 43.3 Å². The Morgan fingerprint density at radius 2 is 2.29 bits per heavy atom. The molecule has 1 aromatic carbocycles. The lowest BCUT2D eigenvalue weighted by atomic mass is 10.2. The first kappa shape index (κ1) is 17.1. The molecule has 2 heterocycles. The average molecular weight is 344 g/mol. The van der Waals surface area contributed by atoms with Crippen molar-refractivity contribution >= 4 is 22.9 Å². The fraction of sp³-hybridized carbons (Fsp3) is 0.444. The predicted octanol–water partition coefficient (Wildman–Crippen LogP) is 2.43. The molecule has 1 amide bonds. The van der Waals surface area contributed by atoms with Crippen LogP contribution in [0.4, 0.5) is 5.69 Å². The molecule has 0 radical (unpaired) electrons. The van der Waals surface area contributed by atoms with E-state index in [4.69, 9.17) is 0 Å². The number of benzene rings is 1. The van der Waals surface area contributed by atoms with E-state index >= 15 is 0 Å². The Morgan fingerprint density at radius 3 is 3.08 bits per heavy atom. The van der Waals surface area contributed by atoms with Gasteiger partial charge >= 0.3 is 0 Å². The first-order valence-corrected chi connectivity index (χ1v) is 9.23. The number of aryl methyl sites for hydroxylation is 1. The maximum absolute atomic E-state index is 12.2. The molecule has 0 unspecified atom stereocenters.